The standard InChI is InChI=1S/C11H22N2/c1-8(2)10(5)12-7-13-11(6)9(3)4/h8-11H,1-6H3. The van der Waals surface area contributed by atoms with Gasteiger partial charge in [0.25, 0.3) is 0 Å². The summed E-state index contributed by atoms with van der Waals surface area (Å²) in [7, 11) is 0. The summed E-state index contributed by atoms with van der Waals surface area (Å²) in [5, 5.41) is 0. The molecule has 0 aliphatic rings. The van der Waals surface area contributed by atoms with Gasteiger partial charge in [0.05, 0.1) is 18.1 Å². The Labute approximate surface area is 82.2 Å². The monoisotopic (exact) mass is 182 g/mol. The quantitative estimate of drug-likeness (QED) is 0.596. The molecule has 0 aromatic carbocycles. The average Bonchev–Trinajstić information content (AvgIpc) is 2.03. The minimum absolute atomic E-state index is 0.322. The van der Waals surface area contributed by atoms with Crippen LogP contribution in [0, 0.1) is 11.8 Å². The zero-order valence-corrected chi connectivity index (χ0v) is 9.70. The van der Waals surface area contributed by atoms with Crippen LogP contribution in [-0.4, -0.2) is 18.1 Å². The molecule has 76 valence electrons. The van der Waals surface area contributed by atoms with Crippen molar-refractivity contribution in [1.82, 2.24) is 0 Å². The maximum atomic E-state index is 4.23. The van der Waals surface area contributed by atoms with Gasteiger partial charge < -0.3 is 0 Å². The summed E-state index contributed by atoms with van der Waals surface area (Å²) in [6.45, 7) is 12.8. The van der Waals surface area contributed by atoms with Crippen molar-refractivity contribution in [2.45, 2.75) is 53.6 Å². The van der Waals surface area contributed by atoms with Crippen LogP contribution < -0.4 is 0 Å². The summed E-state index contributed by atoms with van der Waals surface area (Å²) < 4.78 is 0. The van der Waals surface area contributed by atoms with Crippen LogP contribution in [-0.2, 0) is 0 Å². The third kappa shape index (κ3) is 5.59. The van der Waals surface area contributed by atoms with Crippen molar-refractivity contribution in [2.75, 3.05) is 0 Å². The molecular formula is C11H22N2. The maximum absolute atomic E-state index is 4.23. The highest BCUT2D eigenvalue weighted by molar-refractivity contribution is 5.42. The predicted octanol–water partition coefficient (Wildman–Crippen LogP) is 3.25. The minimum Gasteiger partial charge on any atom is -0.222 e. The molecule has 0 heterocycles. The van der Waals surface area contributed by atoms with Crippen LogP contribution in [0.15, 0.2) is 9.98 Å². The molecule has 2 heteroatoms. The summed E-state index contributed by atoms with van der Waals surface area (Å²) in [5.74, 6) is 1.13. The van der Waals surface area contributed by atoms with E-state index >= 15 is 0 Å². The van der Waals surface area contributed by atoms with Gasteiger partial charge in [-0.2, -0.15) is 0 Å². The Hall–Kier alpha value is -0.620. The molecule has 0 radical (unpaired) electrons. The van der Waals surface area contributed by atoms with Gasteiger partial charge in [0.15, 0.2) is 0 Å². The highest BCUT2D eigenvalue weighted by atomic mass is 14.9. The van der Waals surface area contributed by atoms with E-state index in [1.54, 1.807) is 0 Å². The molecule has 0 aliphatic heterocycles. The van der Waals surface area contributed by atoms with E-state index < -0.39 is 0 Å². The predicted molar refractivity (Wildman–Crippen MR) is 58.5 cm³/mol. The van der Waals surface area contributed by atoms with Crippen molar-refractivity contribution in [3.63, 3.8) is 0 Å². The van der Waals surface area contributed by atoms with E-state index in [2.05, 4.69) is 57.5 Å². The molecule has 0 saturated carbocycles. The van der Waals surface area contributed by atoms with Crippen molar-refractivity contribution < 1.29 is 0 Å². The number of hydrogen-bond donors (Lipinski definition) is 0. The van der Waals surface area contributed by atoms with Crippen LogP contribution in [0.3, 0.4) is 0 Å². The van der Waals surface area contributed by atoms with E-state index in [9.17, 15) is 0 Å². The smallest absolute Gasteiger partial charge is 0.0898 e. The van der Waals surface area contributed by atoms with Gasteiger partial charge in [-0.25, -0.2) is 9.98 Å². The third-order valence-electron chi connectivity index (χ3n) is 2.45. The molecule has 0 bridgehead atoms. The van der Waals surface area contributed by atoms with Crippen molar-refractivity contribution in [1.29, 1.82) is 0 Å². The van der Waals surface area contributed by atoms with Crippen LogP contribution in [0.4, 0.5) is 0 Å². The fraction of sp³-hybridized carbons (Fsp3) is 0.909. The Morgan fingerprint density at radius 2 is 1.00 bits per heavy atom. The Morgan fingerprint density at radius 3 is 1.23 bits per heavy atom. The Kier molecular flexibility index (Phi) is 5.65. The van der Waals surface area contributed by atoms with Crippen molar-refractivity contribution >= 4 is 6.01 Å². The molecule has 2 unspecified atom stereocenters. The first-order valence-electron chi connectivity index (χ1n) is 5.09. The van der Waals surface area contributed by atoms with E-state index in [0.29, 0.717) is 23.9 Å². The van der Waals surface area contributed by atoms with E-state index in [1.807, 2.05) is 0 Å². The lowest BCUT2D eigenvalue weighted by atomic mass is 10.1. The second kappa shape index (κ2) is 5.93. The topological polar surface area (TPSA) is 24.7 Å². The Bertz CT molecular complexity index is 170. The van der Waals surface area contributed by atoms with Crippen LogP contribution in [0.25, 0.3) is 0 Å². The summed E-state index contributed by atoms with van der Waals surface area (Å²) in [5.41, 5.74) is 0. The zero-order chi connectivity index (χ0) is 10.4. The fourth-order valence-corrected chi connectivity index (χ4v) is 0.514. The van der Waals surface area contributed by atoms with Gasteiger partial charge >= 0.3 is 0 Å². The molecule has 0 fully saturated rings. The first kappa shape index (κ1) is 12.4. The number of rotatable bonds is 4. The van der Waals surface area contributed by atoms with E-state index in [-0.39, 0.29) is 0 Å². The van der Waals surface area contributed by atoms with Crippen molar-refractivity contribution in [3.05, 3.63) is 0 Å². The SMILES string of the molecule is CC(C)C(C)N=C=NC(C)C(C)C. The second-order valence-corrected chi connectivity index (χ2v) is 4.33. The van der Waals surface area contributed by atoms with Crippen LogP contribution in [0.5, 0.6) is 0 Å². The Morgan fingerprint density at radius 1 is 0.692 bits per heavy atom. The summed E-state index contributed by atoms with van der Waals surface area (Å²) in [6, 6.07) is 3.44. The fourth-order valence-electron chi connectivity index (χ4n) is 0.514. The van der Waals surface area contributed by atoms with Crippen molar-refractivity contribution in [2.24, 2.45) is 21.8 Å². The molecule has 13 heavy (non-hydrogen) atoms. The largest absolute Gasteiger partial charge is 0.222 e. The molecule has 0 amide bonds. The minimum atomic E-state index is 0.322. The van der Waals surface area contributed by atoms with Gasteiger partial charge in [-0.1, -0.05) is 27.7 Å². The summed E-state index contributed by atoms with van der Waals surface area (Å²) >= 11 is 0. The lowest BCUT2D eigenvalue weighted by Crippen LogP contribution is -2.08. The third-order valence-corrected chi connectivity index (χ3v) is 2.45. The molecule has 0 rings (SSSR count). The molecule has 0 aromatic heterocycles. The van der Waals surface area contributed by atoms with Crippen LogP contribution in [0.2, 0.25) is 0 Å². The Balaban J connectivity index is 4.10. The molecular weight excluding hydrogens is 160 g/mol. The summed E-state index contributed by atoms with van der Waals surface area (Å²) in [4.78, 5) is 8.46. The molecule has 0 aliphatic carbocycles. The lowest BCUT2D eigenvalue weighted by Gasteiger charge is -2.08. The van der Waals surface area contributed by atoms with E-state index in [1.165, 1.54) is 0 Å². The first-order valence-corrected chi connectivity index (χ1v) is 5.09. The van der Waals surface area contributed by atoms with Gasteiger partial charge in [0.1, 0.15) is 0 Å². The highest BCUT2D eigenvalue weighted by Crippen LogP contribution is 2.05. The van der Waals surface area contributed by atoms with Crippen LogP contribution in [0.1, 0.15) is 41.5 Å². The van der Waals surface area contributed by atoms with Crippen molar-refractivity contribution in [3.8, 4) is 0 Å². The summed E-state index contributed by atoms with van der Waals surface area (Å²) in [6.07, 6.45) is 0. The molecule has 2 atom stereocenters. The van der Waals surface area contributed by atoms with E-state index in [0.717, 1.165) is 0 Å². The van der Waals surface area contributed by atoms with Gasteiger partial charge in [-0.15, -0.1) is 0 Å². The maximum Gasteiger partial charge on any atom is 0.0898 e. The van der Waals surface area contributed by atoms with Gasteiger partial charge in [-0.05, 0) is 25.7 Å². The number of aliphatic imine (C=N–C) groups is 2. The van der Waals surface area contributed by atoms with E-state index in [4.69, 9.17) is 0 Å². The second-order valence-electron chi connectivity index (χ2n) is 4.33. The van der Waals surface area contributed by atoms with Crippen LogP contribution >= 0.6 is 0 Å². The lowest BCUT2D eigenvalue weighted by molar-refractivity contribution is 0.523. The molecule has 0 spiro atoms. The normalized spacial score (nSPS) is 15.4. The molecule has 0 saturated heterocycles. The van der Waals surface area contributed by atoms with Gasteiger partial charge in [-0.3, -0.25) is 0 Å². The number of nitrogens with zero attached hydrogens (tertiary/aromatic N) is 2. The molecule has 2 nitrogen and oxygen atoms in total. The zero-order valence-electron chi connectivity index (χ0n) is 9.70. The molecule has 0 aromatic rings. The highest BCUT2D eigenvalue weighted by Gasteiger charge is 2.04. The van der Waals surface area contributed by atoms with Gasteiger partial charge in [0, 0.05) is 0 Å². The number of hydrogen-bond acceptors (Lipinski definition) is 2. The average molecular weight is 182 g/mol. The molecule has 0 N–H and O–H groups in total. The first-order chi connectivity index (χ1) is 5.95. The van der Waals surface area contributed by atoms with Gasteiger partial charge in [0.2, 0.25) is 0 Å².